The summed E-state index contributed by atoms with van der Waals surface area (Å²) in [4.78, 5) is 16.4. The van der Waals surface area contributed by atoms with E-state index in [1.54, 1.807) is 6.20 Å². The van der Waals surface area contributed by atoms with E-state index in [1.807, 2.05) is 67.6 Å². The van der Waals surface area contributed by atoms with Gasteiger partial charge >= 0.3 is 6.03 Å². The van der Waals surface area contributed by atoms with Crippen LogP contribution in [0.2, 0.25) is 0 Å². The summed E-state index contributed by atoms with van der Waals surface area (Å²) in [5.74, 6) is 0.740. The quantitative estimate of drug-likeness (QED) is 0.580. The number of hydrogen-bond acceptors (Lipinski definition) is 3. The Morgan fingerprint density at radius 3 is 2.78 bits per heavy atom. The molecule has 1 aromatic heterocycles. The number of ether oxygens (including phenoxy) is 1. The summed E-state index contributed by atoms with van der Waals surface area (Å²) in [6, 6.07) is 18.8. The first-order chi connectivity index (χ1) is 13.1. The van der Waals surface area contributed by atoms with E-state index in [0.717, 1.165) is 32.7 Å². The van der Waals surface area contributed by atoms with Gasteiger partial charge in [-0.25, -0.2) is 4.79 Å². The summed E-state index contributed by atoms with van der Waals surface area (Å²) in [7, 11) is 0. The standard InChI is InChI=1S/C21H20BrN3O2/c1-15-11-17(22)8-9-20(15)25-21(26)24-13-16-5-4-7-19(12-16)27-14-18-6-2-3-10-23-18/h2-12H,13-14H2,1H3,(H2,24,25,26). The van der Waals surface area contributed by atoms with Crippen LogP contribution in [0.4, 0.5) is 10.5 Å². The number of rotatable bonds is 6. The Kier molecular flexibility index (Phi) is 6.44. The van der Waals surface area contributed by atoms with Crippen LogP contribution < -0.4 is 15.4 Å². The predicted octanol–water partition coefficient (Wildman–Crippen LogP) is 5.05. The molecule has 0 radical (unpaired) electrons. The predicted molar refractivity (Wildman–Crippen MR) is 110 cm³/mol. The molecule has 6 heteroatoms. The van der Waals surface area contributed by atoms with Gasteiger partial charge in [-0.2, -0.15) is 0 Å². The molecule has 2 aromatic carbocycles. The van der Waals surface area contributed by atoms with Gasteiger partial charge in [-0.15, -0.1) is 0 Å². The monoisotopic (exact) mass is 425 g/mol. The van der Waals surface area contributed by atoms with Gasteiger partial charge < -0.3 is 15.4 Å². The van der Waals surface area contributed by atoms with Crippen LogP contribution in [-0.2, 0) is 13.2 Å². The number of aromatic nitrogens is 1. The van der Waals surface area contributed by atoms with Crippen LogP contribution in [0.1, 0.15) is 16.8 Å². The van der Waals surface area contributed by atoms with E-state index in [2.05, 4.69) is 31.5 Å². The summed E-state index contributed by atoms with van der Waals surface area (Å²) in [6.45, 7) is 2.76. The Hall–Kier alpha value is -2.86. The number of halogens is 1. The van der Waals surface area contributed by atoms with Crippen LogP contribution in [-0.4, -0.2) is 11.0 Å². The number of benzene rings is 2. The highest BCUT2D eigenvalue weighted by atomic mass is 79.9. The largest absolute Gasteiger partial charge is 0.487 e. The Morgan fingerprint density at radius 2 is 2.00 bits per heavy atom. The third-order valence-electron chi connectivity index (χ3n) is 3.90. The number of urea groups is 1. The smallest absolute Gasteiger partial charge is 0.319 e. The first-order valence-electron chi connectivity index (χ1n) is 8.53. The lowest BCUT2D eigenvalue weighted by Crippen LogP contribution is -2.28. The molecule has 27 heavy (non-hydrogen) atoms. The van der Waals surface area contributed by atoms with Crippen molar-refractivity contribution in [3.8, 4) is 5.75 Å². The molecule has 5 nitrogen and oxygen atoms in total. The number of pyridine rings is 1. The fraction of sp³-hybridized carbons (Fsp3) is 0.143. The molecule has 3 aromatic rings. The van der Waals surface area contributed by atoms with Crippen molar-refractivity contribution in [2.75, 3.05) is 5.32 Å². The number of carbonyl (C=O) groups excluding carboxylic acids is 1. The van der Waals surface area contributed by atoms with Crippen molar-refractivity contribution in [1.29, 1.82) is 0 Å². The topological polar surface area (TPSA) is 63.2 Å². The van der Waals surface area contributed by atoms with Crippen molar-refractivity contribution < 1.29 is 9.53 Å². The summed E-state index contributed by atoms with van der Waals surface area (Å²) < 4.78 is 6.75. The van der Waals surface area contributed by atoms with E-state index in [-0.39, 0.29) is 6.03 Å². The normalized spacial score (nSPS) is 10.3. The third kappa shape index (κ3) is 5.82. The molecular formula is C21H20BrN3O2. The minimum Gasteiger partial charge on any atom is -0.487 e. The molecule has 138 valence electrons. The van der Waals surface area contributed by atoms with Crippen LogP contribution >= 0.6 is 15.9 Å². The van der Waals surface area contributed by atoms with Crippen molar-refractivity contribution in [2.45, 2.75) is 20.1 Å². The zero-order chi connectivity index (χ0) is 19.1. The maximum absolute atomic E-state index is 12.1. The van der Waals surface area contributed by atoms with Crippen molar-refractivity contribution in [3.63, 3.8) is 0 Å². The highest BCUT2D eigenvalue weighted by molar-refractivity contribution is 9.10. The van der Waals surface area contributed by atoms with Gasteiger partial charge in [0.2, 0.25) is 0 Å². The Balaban J connectivity index is 1.52. The van der Waals surface area contributed by atoms with Gasteiger partial charge in [-0.05, 0) is 60.5 Å². The molecule has 0 unspecified atom stereocenters. The van der Waals surface area contributed by atoms with Crippen LogP contribution in [0.25, 0.3) is 0 Å². The summed E-state index contributed by atoms with van der Waals surface area (Å²) in [6.07, 6.45) is 1.74. The van der Waals surface area contributed by atoms with Crippen LogP contribution in [0.15, 0.2) is 71.3 Å². The number of nitrogens with zero attached hydrogens (tertiary/aromatic N) is 1. The minimum absolute atomic E-state index is 0.250. The molecule has 1 heterocycles. The molecule has 0 bridgehead atoms. The van der Waals surface area contributed by atoms with Crippen molar-refractivity contribution in [1.82, 2.24) is 10.3 Å². The minimum atomic E-state index is -0.250. The average Bonchev–Trinajstić information content (AvgIpc) is 2.68. The highest BCUT2D eigenvalue weighted by Gasteiger charge is 2.05. The Labute approximate surface area is 166 Å². The number of carbonyl (C=O) groups is 1. The lowest BCUT2D eigenvalue weighted by Gasteiger charge is -2.11. The SMILES string of the molecule is Cc1cc(Br)ccc1NC(=O)NCc1cccc(OCc2ccccn2)c1. The molecule has 2 N–H and O–H groups in total. The van der Waals surface area contributed by atoms with E-state index >= 15 is 0 Å². The molecule has 2 amide bonds. The van der Waals surface area contributed by atoms with Crippen molar-refractivity contribution in [3.05, 3.63) is 88.2 Å². The van der Waals surface area contributed by atoms with Crippen molar-refractivity contribution >= 4 is 27.6 Å². The van der Waals surface area contributed by atoms with Gasteiger partial charge in [-0.1, -0.05) is 34.1 Å². The lowest BCUT2D eigenvalue weighted by atomic mass is 10.2. The number of anilines is 1. The molecule has 0 saturated carbocycles. The molecular weight excluding hydrogens is 406 g/mol. The highest BCUT2D eigenvalue weighted by Crippen LogP contribution is 2.20. The Morgan fingerprint density at radius 1 is 1.11 bits per heavy atom. The molecule has 3 rings (SSSR count). The summed E-state index contributed by atoms with van der Waals surface area (Å²) >= 11 is 3.41. The second-order valence-electron chi connectivity index (χ2n) is 6.02. The maximum Gasteiger partial charge on any atom is 0.319 e. The number of nitrogens with one attached hydrogen (secondary N) is 2. The molecule has 0 atom stereocenters. The molecule has 0 aliphatic carbocycles. The lowest BCUT2D eigenvalue weighted by molar-refractivity contribution is 0.251. The molecule has 0 fully saturated rings. The summed E-state index contributed by atoms with van der Waals surface area (Å²) in [5.41, 5.74) is 3.59. The van der Waals surface area contributed by atoms with Gasteiger partial charge in [0, 0.05) is 22.9 Å². The van der Waals surface area contributed by atoms with Crippen molar-refractivity contribution in [2.24, 2.45) is 0 Å². The fourth-order valence-electron chi connectivity index (χ4n) is 2.50. The fourth-order valence-corrected chi connectivity index (χ4v) is 2.98. The Bertz CT molecular complexity index is 916. The molecule has 0 spiro atoms. The third-order valence-corrected chi connectivity index (χ3v) is 4.39. The van der Waals surface area contributed by atoms with Gasteiger partial charge in [-0.3, -0.25) is 4.98 Å². The molecule has 0 aliphatic rings. The van der Waals surface area contributed by atoms with E-state index in [9.17, 15) is 4.79 Å². The zero-order valence-electron chi connectivity index (χ0n) is 14.9. The van der Waals surface area contributed by atoms with E-state index in [4.69, 9.17) is 4.74 Å². The van der Waals surface area contributed by atoms with E-state index in [1.165, 1.54) is 0 Å². The van der Waals surface area contributed by atoms with E-state index < -0.39 is 0 Å². The molecule has 0 saturated heterocycles. The van der Waals surface area contributed by atoms with Gasteiger partial charge in [0.05, 0.1) is 5.69 Å². The second-order valence-corrected chi connectivity index (χ2v) is 6.94. The van der Waals surface area contributed by atoms with Gasteiger partial charge in [0.1, 0.15) is 12.4 Å². The number of amides is 2. The first kappa shape index (κ1) is 18.9. The average molecular weight is 426 g/mol. The second kappa shape index (κ2) is 9.19. The van der Waals surface area contributed by atoms with Crippen LogP contribution in [0.5, 0.6) is 5.75 Å². The number of aryl methyl sites for hydroxylation is 1. The number of hydrogen-bond donors (Lipinski definition) is 2. The van der Waals surface area contributed by atoms with Crippen LogP contribution in [0.3, 0.4) is 0 Å². The maximum atomic E-state index is 12.1. The van der Waals surface area contributed by atoms with Crippen LogP contribution in [0, 0.1) is 6.92 Å². The first-order valence-corrected chi connectivity index (χ1v) is 9.32. The van der Waals surface area contributed by atoms with Gasteiger partial charge in [0.15, 0.2) is 0 Å². The molecule has 0 aliphatic heterocycles. The van der Waals surface area contributed by atoms with Gasteiger partial charge in [0.25, 0.3) is 0 Å². The zero-order valence-corrected chi connectivity index (χ0v) is 16.5. The summed E-state index contributed by atoms with van der Waals surface area (Å²) in [5, 5.41) is 5.72. The van der Waals surface area contributed by atoms with E-state index in [0.29, 0.717) is 13.2 Å².